The Morgan fingerprint density at radius 1 is 1.26 bits per heavy atom. The first-order chi connectivity index (χ1) is 16.5. The van der Waals surface area contributed by atoms with Crippen LogP contribution in [0.3, 0.4) is 0 Å². The molecule has 1 aliphatic heterocycles. The van der Waals surface area contributed by atoms with Crippen LogP contribution < -0.4 is 20.3 Å². The fraction of sp³-hybridized carbons (Fsp3) is 0.280. The Bertz CT molecular complexity index is 1410. The van der Waals surface area contributed by atoms with E-state index in [4.69, 9.17) is 9.47 Å². The Morgan fingerprint density at radius 2 is 2.09 bits per heavy atom. The Balaban J connectivity index is 1.32. The van der Waals surface area contributed by atoms with Crippen molar-refractivity contribution in [3.8, 4) is 17.2 Å². The minimum atomic E-state index is -0.322. The zero-order chi connectivity index (χ0) is 23.7. The lowest BCUT2D eigenvalue weighted by molar-refractivity contribution is -0.121. The minimum absolute atomic E-state index is 0.120. The van der Waals surface area contributed by atoms with Gasteiger partial charge in [-0.2, -0.15) is 5.10 Å². The number of hydrogen-bond donors (Lipinski definition) is 1. The number of fused-ring (bicyclic) bond motifs is 2. The highest BCUT2D eigenvalue weighted by molar-refractivity contribution is 5.78. The average molecular weight is 460 g/mol. The molecule has 5 rings (SSSR count). The lowest BCUT2D eigenvalue weighted by atomic mass is 10.1. The van der Waals surface area contributed by atoms with E-state index in [2.05, 4.69) is 15.4 Å². The van der Waals surface area contributed by atoms with E-state index >= 15 is 0 Å². The summed E-state index contributed by atoms with van der Waals surface area (Å²) < 4.78 is 14.5. The Morgan fingerprint density at radius 3 is 2.88 bits per heavy atom. The minimum Gasteiger partial charge on any atom is -0.494 e. The third-order valence-corrected chi connectivity index (χ3v) is 5.72. The van der Waals surface area contributed by atoms with Crippen LogP contribution in [0.2, 0.25) is 0 Å². The summed E-state index contributed by atoms with van der Waals surface area (Å²) in [6.07, 6.45) is 3.81. The molecular formula is C25H25N5O4. The number of amides is 1. The third kappa shape index (κ3) is 4.12. The van der Waals surface area contributed by atoms with Gasteiger partial charge in [-0.05, 0) is 38.1 Å². The van der Waals surface area contributed by atoms with Gasteiger partial charge in [-0.15, -0.1) is 0 Å². The fourth-order valence-corrected chi connectivity index (χ4v) is 4.13. The second-order valence-electron chi connectivity index (χ2n) is 8.22. The van der Waals surface area contributed by atoms with Crippen LogP contribution in [0.15, 0.2) is 59.8 Å². The molecule has 174 valence electrons. The van der Waals surface area contributed by atoms with E-state index in [1.54, 1.807) is 4.68 Å². The van der Waals surface area contributed by atoms with Gasteiger partial charge in [-0.1, -0.05) is 18.2 Å². The SMILES string of the molecule is CCOc1cc2c(cc1CNC(=O)Cn1cnc3c(cnn3-c3ccccc3)c1=O)OC(C)C2. The van der Waals surface area contributed by atoms with Crippen LogP contribution in [0.5, 0.6) is 11.5 Å². The molecule has 0 bridgehead atoms. The number of rotatable bonds is 7. The number of nitrogens with zero attached hydrogens (tertiary/aromatic N) is 4. The standard InChI is InChI=1S/C25H25N5O4/c1-3-33-21-10-17-9-16(2)34-22(17)11-18(21)12-26-23(31)14-29-15-27-24-20(25(29)32)13-28-30(24)19-7-5-4-6-8-19/h4-8,10-11,13,15-16H,3,9,12,14H2,1-2H3,(H,26,31). The molecule has 1 unspecified atom stereocenters. The van der Waals surface area contributed by atoms with Gasteiger partial charge in [0.15, 0.2) is 5.65 Å². The molecule has 0 saturated carbocycles. The van der Waals surface area contributed by atoms with Gasteiger partial charge in [0.05, 0.1) is 18.5 Å². The van der Waals surface area contributed by atoms with E-state index in [0.29, 0.717) is 17.6 Å². The highest BCUT2D eigenvalue weighted by Gasteiger charge is 2.22. The molecule has 0 fully saturated rings. The maximum atomic E-state index is 12.9. The molecule has 1 N–H and O–H groups in total. The van der Waals surface area contributed by atoms with Crippen molar-refractivity contribution in [3.05, 3.63) is 76.5 Å². The average Bonchev–Trinajstić information content (AvgIpc) is 3.43. The molecule has 1 atom stereocenters. The molecule has 2 aromatic heterocycles. The predicted octanol–water partition coefficient (Wildman–Crippen LogP) is 2.62. The number of carbonyl (C=O) groups excluding carboxylic acids is 1. The van der Waals surface area contributed by atoms with E-state index in [1.165, 1.54) is 17.1 Å². The fourth-order valence-electron chi connectivity index (χ4n) is 4.13. The van der Waals surface area contributed by atoms with Crippen molar-refractivity contribution in [2.24, 2.45) is 0 Å². The number of para-hydroxylation sites is 1. The molecule has 9 nitrogen and oxygen atoms in total. The van der Waals surface area contributed by atoms with Gasteiger partial charge in [-0.3, -0.25) is 14.2 Å². The van der Waals surface area contributed by atoms with Crippen molar-refractivity contribution in [2.45, 2.75) is 39.5 Å². The summed E-state index contributed by atoms with van der Waals surface area (Å²) in [6.45, 7) is 4.57. The van der Waals surface area contributed by atoms with Crippen molar-refractivity contribution in [2.75, 3.05) is 6.61 Å². The van der Waals surface area contributed by atoms with E-state index in [9.17, 15) is 9.59 Å². The van der Waals surface area contributed by atoms with Crippen LogP contribution in [0.25, 0.3) is 16.7 Å². The normalized spacial score (nSPS) is 14.6. The topological polar surface area (TPSA) is 100 Å². The van der Waals surface area contributed by atoms with Gasteiger partial charge < -0.3 is 14.8 Å². The van der Waals surface area contributed by atoms with E-state index in [1.807, 2.05) is 56.3 Å². The summed E-state index contributed by atoms with van der Waals surface area (Å²) in [5, 5.41) is 7.52. The van der Waals surface area contributed by atoms with Crippen LogP contribution in [0, 0.1) is 0 Å². The first-order valence-corrected chi connectivity index (χ1v) is 11.2. The highest BCUT2D eigenvalue weighted by atomic mass is 16.5. The van der Waals surface area contributed by atoms with Gasteiger partial charge >= 0.3 is 0 Å². The number of carbonyl (C=O) groups is 1. The second-order valence-corrected chi connectivity index (χ2v) is 8.22. The molecule has 3 heterocycles. The van der Waals surface area contributed by atoms with Crippen molar-refractivity contribution in [3.63, 3.8) is 0 Å². The van der Waals surface area contributed by atoms with E-state index < -0.39 is 0 Å². The molecule has 1 aliphatic rings. The number of hydrogen-bond acceptors (Lipinski definition) is 6. The van der Waals surface area contributed by atoms with Crippen LogP contribution in [0.4, 0.5) is 0 Å². The second kappa shape index (κ2) is 9.01. The Hall–Kier alpha value is -4.14. The van der Waals surface area contributed by atoms with Gasteiger partial charge in [0.2, 0.25) is 5.91 Å². The van der Waals surface area contributed by atoms with Crippen molar-refractivity contribution in [1.29, 1.82) is 0 Å². The zero-order valence-electron chi connectivity index (χ0n) is 19.0. The molecule has 0 saturated heterocycles. The summed E-state index contributed by atoms with van der Waals surface area (Å²) in [5.74, 6) is 1.24. The molecule has 0 spiro atoms. The van der Waals surface area contributed by atoms with Crippen molar-refractivity contribution >= 4 is 16.9 Å². The first kappa shape index (κ1) is 21.7. The number of nitrogens with one attached hydrogen (secondary N) is 1. The van der Waals surface area contributed by atoms with Crippen LogP contribution >= 0.6 is 0 Å². The zero-order valence-corrected chi connectivity index (χ0v) is 19.0. The highest BCUT2D eigenvalue weighted by Crippen LogP contribution is 2.35. The Labute approximate surface area is 195 Å². The summed E-state index contributed by atoms with van der Waals surface area (Å²) in [7, 11) is 0. The molecule has 4 aromatic rings. The molecule has 0 aliphatic carbocycles. The van der Waals surface area contributed by atoms with Gasteiger partial charge in [0, 0.05) is 24.1 Å². The summed E-state index contributed by atoms with van der Waals surface area (Å²) in [4.78, 5) is 30.0. The summed E-state index contributed by atoms with van der Waals surface area (Å²) in [5.41, 5.74) is 2.86. The van der Waals surface area contributed by atoms with Crippen LogP contribution in [-0.2, 0) is 24.3 Å². The monoisotopic (exact) mass is 459 g/mol. The quantitative estimate of drug-likeness (QED) is 0.456. The lowest BCUT2D eigenvalue weighted by Crippen LogP contribution is -2.32. The largest absolute Gasteiger partial charge is 0.494 e. The lowest BCUT2D eigenvalue weighted by Gasteiger charge is -2.13. The molecule has 0 radical (unpaired) electrons. The van der Waals surface area contributed by atoms with E-state index in [0.717, 1.165) is 34.7 Å². The van der Waals surface area contributed by atoms with Crippen molar-refractivity contribution in [1.82, 2.24) is 24.6 Å². The Kier molecular flexibility index (Phi) is 5.75. The summed E-state index contributed by atoms with van der Waals surface area (Å²) in [6, 6.07) is 13.3. The molecule has 2 aromatic carbocycles. The smallest absolute Gasteiger partial charge is 0.264 e. The number of ether oxygens (including phenoxy) is 2. The summed E-state index contributed by atoms with van der Waals surface area (Å²) >= 11 is 0. The number of aromatic nitrogens is 4. The van der Waals surface area contributed by atoms with Gasteiger partial charge in [-0.25, -0.2) is 9.67 Å². The molecular weight excluding hydrogens is 434 g/mol. The molecule has 1 amide bonds. The van der Waals surface area contributed by atoms with Gasteiger partial charge in [0.25, 0.3) is 5.56 Å². The third-order valence-electron chi connectivity index (χ3n) is 5.72. The maximum Gasteiger partial charge on any atom is 0.264 e. The first-order valence-electron chi connectivity index (χ1n) is 11.2. The van der Waals surface area contributed by atoms with Crippen LogP contribution in [-0.4, -0.2) is 37.9 Å². The van der Waals surface area contributed by atoms with Crippen molar-refractivity contribution < 1.29 is 14.3 Å². The predicted molar refractivity (Wildman–Crippen MR) is 126 cm³/mol. The molecule has 34 heavy (non-hydrogen) atoms. The maximum absolute atomic E-state index is 12.9. The van der Waals surface area contributed by atoms with Crippen LogP contribution in [0.1, 0.15) is 25.0 Å². The van der Waals surface area contributed by atoms with E-state index in [-0.39, 0.29) is 30.7 Å². The molecule has 9 heteroatoms. The van der Waals surface area contributed by atoms with Gasteiger partial charge in [0.1, 0.15) is 35.9 Å². The number of benzene rings is 2.